The molecule has 16 heavy (non-hydrogen) atoms. The van der Waals surface area contributed by atoms with Gasteiger partial charge in [-0.3, -0.25) is 4.21 Å². The summed E-state index contributed by atoms with van der Waals surface area (Å²) in [5.41, 5.74) is 6.14. The first kappa shape index (κ1) is 14.2. The van der Waals surface area contributed by atoms with Crippen molar-refractivity contribution in [3.05, 3.63) is 0 Å². The van der Waals surface area contributed by atoms with E-state index in [-0.39, 0.29) is 16.0 Å². The molecule has 0 amide bonds. The van der Waals surface area contributed by atoms with Gasteiger partial charge < -0.3 is 5.73 Å². The second kappa shape index (κ2) is 5.63. The molecule has 1 aliphatic rings. The molecule has 1 saturated carbocycles. The third kappa shape index (κ3) is 3.56. The van der Waals surface area contributed by atoms with Crippen molar-refractivity contribution in [2.24, 2.45) is 11.7 Å². The number of hydrogen-bond donors (Lipinski definition) is 1. The molecule has 0 heterocycles. The molecular weight excluding hydrogens is 218 g/mol. The van der Waals surface area contributed by atoms with Crippen LogP contribution >= 0.6 is 0 Å². The monoisotopic (exact) mass is 245 g/mol. The Kier molecular flexibility index (Phi) is 4.99. The smallest absolute Gasteiger partial charge is 0.0507 e. The summed E-state index contributed by atoms with van der Waals surface area (Å²) in [7, 11) is -0.803. The van der Waals surface area contributed by atoms with Crippen LogP contribution in [-0.4, -0.2) is 20.2 Å². The van der Waals surface area contributed by atoms with Gasteiger partial charge in [0.25, 0.3) is 0 Å². The van der Waals surface area contributed by atoms with E-state index >= 15 is 0 Å². The van der Waals surface area contributed by atoms with Crippen molar-refractivity contribution >= 4 is 10.8 Å². The zero-order valence-corrected chi connectivity index (χ0v) is 12.0. The molecule has 0 aliphatic heterocycles. The first-order chi connectivity index (χ1) is 7.36. The van der Waals surface area contributed by atoms with Gasteiger partial charge in [0, 0.05) is 21.6 Å². The normalized spacial score (nSPS) is 33.7. The quantitative estimate of drug-likeness (QED) is 0.831. The van der Waals surface area contributed by atoms with Gasteiger partial charge in [0.2, 0.25) is 0 Å². The average Bonchev–Trinajstić information content (AvgIpc) is 2.19. The Morgan fingerprint density at radius 3 is 2.44 bits per heavy atom. The minimum Gasteiger partial charge on any atom is -0.327 e. The van der Waals surface area contributed by atoms with Crippen LogP contribution in [0.15, 0.2) is 0 Å². The van der Waals surface area contributed by atoms with Gasteiger partial charge in [-0.2, -0.15) is 0 Å². The van der Waals surface area contributed by atoms with E-state index in [1.807, 2.05) is 0 Å². The minimum absolute atomic E-state index is 0.129. The van der Waals surface area contributed by atoms with Gasteiger partial charge in [-0.15, -0.1) is 0 Å². The van der Waals surface area contributed by atoms with Gasteiger partial charge >= 0.3 is 0 Å². The van der Waals surface area contributed by atoms with Gasteiger partial charge in [0.05, 0.1) is 5.25 Å². The first-order valence-electron chi connectivity index (χ1n) is 6.52. The maximum Gasteiger partial charge on any atom is 0.0507 e. The Bertz CT molecular complexity index is 247. The third-order valence-electron chi connectivity index (χ3n) is 3.53. The fraction of sp³-hybridized carbons (Fsp3) is 1.00. The molecule has 0 aromatic carbocycles. The molecule has 1 rings (SSSR count). The highest BCUT2D eigenvalue weighted by Crippen LogP contribution is 2.33. The molecule has 0 radical (unpaired) electrons. The summed E-state index contributed by atoms with van der Waals surface area (Å²) in [6, 6.07) is 0.146. The van der Waals surface area contributed by atoms with E-state index in [1.54, 1.807) is 0 Å². The van der Waals surface area contributed by atoms with Crippen molar-refractivity contribution < 1.29 is 4.21 Å². The Morgan fingerprint density at radius 1 is 1.31 bits per heavy atom. The van der Waals surface area contributed by atoms with Gasteiger partial charge in [0.15, 0.2) is 0 Å². The summed E-state index contributed by atoms with van der Waals surface area (Å²) in [4.78, 5) is 0. The highest BCUT2D eigenvalue weighted by atomic mass is 32.2. The Balaban J connectivity index is 2.66. The number of rotatable bonds is 3. The van der Waals surface area contributed by atoms with Crippen molar-refractivity contribution in [1.29, 1.82) is 0 Å². The maximum atomic E-state index is 12.4. The highest BCUT2D eigenvalue weighted by molar-refractivity contribution is 7.87. The molecule has 96 valence electrons. The summed E-state index contributed by atoms with van der Waals surface area (Å²) < 4.78 is 12.3. The second-order valence-electron chi connectivity index (χ2n) is 6.08. The summed E-state index contributed by atoms with van der Waals surface area (Å²) in [5, 5.41) is 0.213. The highest BCUT2D eigenvalue weighted by Gasteiger charge is 2.36. The second-order valence-corrected chi connectivity index (χ2v) is 8.50. The van der Waals surface area contributed by atoms with Crippen molar-refractivity contribution in [1.82, 2.24) is 0 Å². The van der Waals surface area contributed by atoms with E-state index in [4.69, 9.17) is 5.73 Å². The standard InChI is InChI=1S/C13H27NOS/c1-5-6-10-7-8-11(14)12(9-10)16(15)13(2,3)4/h10-12H,5-9,14H2,1-4H3. The molecular formula is C13H27NOS. The lowest BCUT2D eigenvalue weighted by atomic mass is 9.83. The molecule has 4 atom stereocenters. The van der Waals surface area contributed by atoms with E-state index in [0.29, 0.717) is 0 Å². The van der Waals surface area contributed by atoms with Crippen LogP contribution < -0.4 is 5.73 Å². The molecule has 0 aromatic heterocycles. The topological polar surface area (TPSA) is 43.1 Å². The van der Waals surface area contributed by atoms with Crippen molar-refractivity contribution in [3.63, 3.8) is 0 Å². The van der Waals surface area contributed by atoms with Gasteiger partial charge in [0.1, 0.15) is 0 Å². The summed E-state index contributed by atoms with van der Waals surface area (Å²) in [6.45, 7) is 8.39. The lowest BCUT2D eigenvalue weighted by Crippen LogP contribution is -2.47. The first-order valence-corrected chi connectivity index (χ1v) is 7.73. The molecule has 3 heteroatoms. The number of nitrogens with two attached hydrogens (primary N) is 1. The van der Waals surface area contributed by atoms with E-state index in [2.05, 4.69) is 27.7 Å². The summed E-state index contributed by atoms with van der Waals surface area (Å²) in [6.07, 6.45) is 5.85. The van der Waals surface area contributed by atoms with E-state index in [1.165, 1.54) is 19.3 Å². The third-order valence-corrected chi connectivity index (χ3v) is 5.83. The van der Waals surface area contributed by atoms with Crippen molar-refractivity contribution in [2.75, 3.05) is 0 Å². The minimum atomic E-state index is -0.803. The van der Waals surface area contributed by atoms with Crippen LogP contribution in [0.5, 0.6) is 0 Å². The van der Waals surface area contributed by atoms with Gasteiger partial charge in [-0.25, -0.2) is 0 Å². The lowest BCUT2D eigenvalue weighted by molar-refractivity contribution is 0.312. The molecule has 4 unspecified atom stereocenters. The van der Waals surface area contributed by atoms with Crippen LogP contribution in [-0.2, 0) is 10.8 Å². The SMILES string of the molecule is CCCC1CCC(N)C(S(=O)C(C)(C)C)C1. The molecule has 0 spiro atoms. The van der Waals surface area contributed by atoms with Crippen LogP contribution in [0.4, 0.5) is 0 Å². The van der Waals surface area contributed by atoms with E-state index in [0.717, 1.165) is 18.8 Å². The largest absolute Gasteiger partial charge is 0.327 e. The lowest BCUT2D eigenvalue weighted by Gasteiger charge is -2.36. The van der Waals surface area contributed by atoms with Crippen LogP contribution in [0.25, 0.3) is 0 Å². The fourth-order valence-electron chi connectivity index (χ4n) is 2.61. The molecule has 1 aliphatic carbocycles. The predicted molar refractivity (Wildman–Crippen MR) is 71.9 cm³/mol. The molecule has 2 nitrogen and oxygen atoms in total. The van der Waals surface area contributed by atoms with E-state index in [9.17, 15) is 4.21 Å². The van der Waals surface area contributed by atoms with Crippen molar-refractivity contribution in [3.8, 4) is 0 Å². The van der Waals surface area contributed by atoms with Crippen LogP contribution in [0.2, 0.25) is 0 Å². The molecule has 1 fully saturated rings. The molecule has 0 saturated heterocycles. The summed E-state index contributed by atoms with van der Waals surface area (Å²) >= 11 is 0. The Hall–Kier alpha value is 0.110. The summed E-state index contributed by atoms with van der Waals surface area (Å²) in [5.74, 6) is 0.751. The fourth-order valence-corrected chi connectivity index (χ4v) is 4.41. The van der Waals surface area contributed by atoms with Crippen LogP contribution in [0.3, 0.4) is 0 Å². The van der Waals surface area contributed by atoms with Crippen molar-refractivity contribution in [2.45, 2.75) is 75.8 Å². The zero-order valence-electron chi connectivity index (χ0n) is 11.2. The Morgan fingerprint density at radius 2 is 1.94 bits per heavy atom. The van der Waals surface area contributed by atoms with E-state index < -0.39 is 10.8 Å². The van der Waals surface area contributed by atoms with Gasteiger partial charge in [-0.05, 0) is 46.0 Å². The molecule has 0 aromatic rings. The number of hydrogen-bond acceptors (Lipinski definition) is 2. The molecule has 0 bridgehead atoms. The predicted octanol–water partition coefficient (Wildman–Crippen LogP) is 2.83. The Labute approximate surface area is 103 Å². The van der Waals surface area contributed by atoms with Crippen LogP contribution in [0, 0.1) is 5.92 Å². The van der Waals surface area contributed by atoms with Gasteiger partial charge in [-0.1, -0.05) is 19.8 Å². The van der Waals surface area contributed by atoms with Crippen LogP contribution in [0.1, 0.15) is 59.8 Å². The maximum absolute atomic E-state index is 12.4. The zero-order chi connectivity index (χ0) is 12.3. The average molecular weight is 245 g/mol. The molecule has 2 N–H and O–H groups in total.